The van der Waals surface area contributed by atoms with E-state index in [0.717, 1.165) is 0 Å². The highest BCUT2D eigenvalue weighted by molar-refractivity contribution is 6.31. The first kappa shape index (κ1) is 15.4. The molecular formula is C12H15ClFN3O2. The molecule has 1 aromatic rings. The number of amides is 2. The summed E-state index contributed by atoms with van der Waals surface area (Å²) in [6.45, 7) is -0.336. The first-order valence-electron chi connectivity index (χ1n) is 5.59. The molecule has 19 heavy (non-hydrogen) atoms. The van der Waals surface area contributed by atoms with Gasteiger partial charge in [-0.05, 0) is 12.1 Å². The molecule has 0 atom stereocenters. The van der Waals surface area contributed by atoms with Gasteiger partial charge in [0.05, 0.1) is 13.1 Å². The fraction of sp³-hybridized carbons (Fsp3) is 0.333. The smallest absolute Gasteiger partial charge is 0.242 e. The molecule has 0 bridgehead atoms. The van der Waals surface area contributed by atoms with Gasteiger partial charge in [-0.25, -0.2) is 4.39 Å². The van der Waals surface area contributed by atoms with E-state index in [1.807, 2.05) is 0 Å². The van der Waals surface area contributed by atoms with Gasteiger partial charge >= 0.3 is 0 Å². The third kappa shape index (κ3) is 4.50. The van der Waals surface area contributed by atoms with Crippen molar-refractivity contribution in [2.24, 2.45) is 5.73 Å². The number of hydrogen-bond donors (Lipinski definition) is 2. The van der Waals surface area contributed by atoms with Gasteiger partial charge in [0.1, 0.15) is 5.82 Å². The molecule has 0 spiro atoms. The minimum absolute atomic E-state index is 0.0306. The Bertz CT molecular complexity index is 462. The molecule has 5 nitrogen and oxygen atoms in total. The maximum atomic E-state index is 13.5. The summed E-state index contributed by atoms with van der Waals surface area (Å²) in [4.78, 5) is 23.9. The van der Waals surface area contributed by atoms with Crippen LogP contribution in [0.5, 0.6) is 0 Å². The normalized spacial score (nSPS) is 10.1. The molecule has 0 saturated carbocycles. The van der Waals surface area contributed by atoms with Crippen LogP contribution in [-0.2, 0) is 16.1 Å². The largest absolute Gasteiger partial charge is 0.346 e. The lowest BCUT2D eigenvalue weighted by Gasteiger charge is -2.18. The lowest BCUT2D eigenvalue weighted by atomic mass is 10.2. The van der Waals surface area contributed by atoms with E-state index in [-0.39, 0.29) is 36.1 Å². The molecule has 2 amide bonds. The van der Waals surface area contributed by atoms with Crippen LogP contribution < -0.4 is 11.1 Å². The molecule has 0 radical (unpaired) electrons. The third-order valence-electron chi connectivity index (χ3n) is 2.50. The van der Waals surface area contributed by atoms with E-state index < -0.39 is 11.7 Å². The van der Waals surface area contributed by atoms with Crippen molar-refractivity contribution < 1.29 is 14.0 Å². The quantitative estimate of drug-likeness (QED) is 0.829. The van der Waals surface area contributed by atoms with Crippen LogP contribution in [0.2, 0.25) is 5.02 Å². The Morgan fingerprint density at radius 3 is 2.74 bits per heavy atom. The Labute approximate surface area is 115 Å². The van der Waals surface area contributed by atoms with E-state index >= 15 is 0 Å². The number of nitrogens with one attached hydrogen (secondary N) is 1. The van der Waals surface area contributed by atoms with Crippen LogP contribution in [0.3, 0.4) is 0 Å². The summed E-state index contributed by atoms with van der Waals surface area (Å²) in [5, 5.41) is 2.60. The molecule has 0 fully saturated rings. The first-order chi connectivity index (χ1) is 8.95. The maximum Gasteiger partial charge on any atom is 0.242 e. The summed E-state index contributed by atoms with van der Waals surface area (Å²) < 4.78 is 13.5. The van der Waals surface area contributed by atoms with Gasteiger partial charge in [-0.2, -0.15) is 0 Å². The Balaban J connectivity index is 2.61. The Morgan fingerprint density at radius 2 is 2.16 bits per heavy atom. The number of carbonyl (C=O) groups is 2. The summed E-state index contributed by atoms with van der Waals surface area (Å²) in [6, 6.07) is 4.31. The molecule has 1 rings (SSSR count). The number of nitrogens with zero attached hydrogens (tertiary/aromatic N) is 1. The average Bonchev–Trinajstić information content (AvgIpc) is 2.39. The standard InChI is InChI=1S/C12H15ClFN3O2/c1-17(12(19)6-16-11(18)5-15)7-8-9(13)3-2-4-10(8)14/h2-4H,5-7,15H2,1H3,(H,16,18). The molecular weight excluding hydrogens is 273 g/mol. The van der Waals surface area contributed by atoms with Crippen molar-refractivity contribution in [1.82, 2.24) is 10.2 Å². The summed E-state index contributed by atoms with van der Waals surface area (Å²) in [5.74, 6) is -1.26. The fourth-order valence-electron chi connectivity index (χ4n) is 1.39. The summed E-state index contributed by atoms with van der Waals surface area (Å²) in [5.41, 5.74) is 5.33. The summed E-state index contributed by atoms with van der Waals surface area (Å²) >= 11 is 5.86. The van der Waals surface area contributed by atoms with Crippen molar-refractivity contribution in [3.8, 4) is 0 Å². The van der Waals surface area contributed by atoms with Crippen LogP contribution in [0.15, 0.2) is 18.2 Å². The van der Waals surface area contributed by atoms with Crippen molar-refractivity contribution in [3.63, 3.8) is 0 Å². The number of rotatable bonds is 5. The van der Waals surface area contributed by atoms with Crippen LogP contribution in [0.1, 0.15) is 5.56 Å². The molecule has 0 unspecified atom stereocenters. The van der Waals surface area contributed by atoms with Crippen molar-refractivity contribution in [2.45, 2.75) is 6.54 Å². The molecule has 0 aliphatic rings. The average molecular weight is 288 g/mol. The second-order valence-corrected chi connectivity index (χ2v) is 4.34. The minimum Gasteiger partial charge on any atom is -0.346 e. The zero-order chi connectivity index (χ0) is 14.4. The number of nitrogens with two attached hydrogens (primary N) is 1. The van der Waals surface area contributed by atoms with Crippen molar-refractivity contribution in [2.75, 3.05) is 20.1 Å². The van der Waals surface area contributed by atoms with Gasteiger partial charge in [-0.3, -0.25) is 9.59 Å². The van der Waals surface area contributed by atoms with Gasteiger partial charge in [0.15, 0.2) is 0 Å². The fourth-order valence-corrected chi connectivity index (χ4v) is 1.61. The van der Waals surface area contributed by atoms with E-state index in [1.165, 1.54) is 24.1 Å². The lowest BCUT2D eigenvalue weighted by molar-refractivity contribution is -0.131. The summed E-state index contributed by atoms with van der Waals surface area (Å²) in [7, 11) is 1.50. The molecule has 0 aromatic heterocycles. The van der Waals surface area contributed by atoms with E-state index in [4.69, 9.17) is 17.3 Å². The van der Waals surface area contributed by atoms with E-state index in [9.17, 15) is 14.0 Å². The molecule has 0 heterocycles. The predicted molar refractivity (Wildman–Crippen MR) is 69.9 cm³/mol. The number of halogens is 2. The third-order valence-corrected chi connectivity index (χ3v) is 2.86. The van der Waals surface area contributed by atoms with Gasteiger partial charge in [-0.15, -0.1) is 0 Å². The molecule has 104 valence electrons. The first-order valence-corrected chi connectivity index (χ1v) is 5.97. The van der Waals surface area contributed by atoms with Crippen LogP contribution in [0.4, 0.5) is 4.39 Å². The van der Waals surface area contributed by atoms with Gasteiger partial charge in [0, 0.05) is 24.2 Å². The molecule has 0 saturated heterocycles. The second kappa shape index (κ2) is 7.06. The highest BCUT2D eigenvalue weighted by atomic mass is 35.5. The van der Waals surface area contributed by atoms with Crippen LogP contribution in [0.25, 0.3) is 0 Å². The number of carbonyl (C=O) groups excluding carboxylic acids is 2. The van der Waals surface area contributed by atoms with Crippen LogP contribution in [0, 0.1) is 5.82 Å². The number of likely N-dealkylation sites (N-methyl/N-ethyl adjacent to an activating group) is 1. The molecule has 0 aliphatic carbocycles. The highest BCUT2D eigenvalue weighted by Crippen LogP contribution is 2.20. The zero-order valence-corrected chi connectivity index (χ0v) is 11.2. The van der Waals surface area contributed by atoms with Gasteiger partial charge in [0.2, 0.25) is 11.8 Å². The van der Waals surface area contributed by atoms with E-state index in [0.29, 0.717) is 0 Å². The zero-order valence-electron chi connectivity index (χ0n) is 10.5. The summed E-state index contributed by atoms with van der Waals surface area (Å²) in [6.07, 6.45) is 0. The van der Waals surface area contributed by atoms with Crippen molar-refractivity contribution >= 4 is 23.4 Å². The predicted octanol–water partition coefficient (Wildman–Crippen LogP) is 0.512. The van der Waals surface area contributed by atoms with Crippen molar-refractivity contribution in [1.29, 1.82) is 0 Å². The van der Waals surface area contributed by atoms with Gasteiger partial charge < -0.3 is 16.0 Å². The SMILES string of the molecule is CN(Cc1c(F)cccc1Cl)C(=O)CNC(=O)CN. The Kier molecular flexibility index (Phi) is 5.72. The highest BCUT2D eigenvalue weighted by Gasteiger charge is 2.14. The number of hydrogen-bond acceptors (Lipinski definition) is 3. The Hall–Kier alpha value is -1.66. The van der Waals surface area contributed by atoms with Crippen molar-refractivity contribution in [3.05, 3.63) is 34.6 Å². The van der Waals surface area contributed by atoms with Gasteiger partial charge in [-0.1, -0.05) is 17.7 Å². The molecule has 7 heteroatoms. The maximum absolute atomic E-state index is 13.5. The van der Waals surface area contributed by atoms with Crippen LogP contribution in [-0.4, -0.2) is 36.9 Å². The second-order valence-electron chi connectivity index (χ2n) is 3.93. The van der Waals surface area contributed by atoms with E-state index in [2.05, 4.69) is 5.32 Å². The monoisotopic (exact) mass is 287 g/mol. The topological polar surface area (TPSA) is 75.4 Å². The molecule has 1 aromatic carbocycles. The Morgan fingerprint density at radius 1 is 1.47 bits per heavy atom. The molecule has 0 aliphatic heterocycles. The van der Waals surface area contributed by atoms with E-state index in [1.54, 1.807) is 6.07 Å². The minimum atomic E-state index is -0.474. The molecule has 3 N–H and O–H groups in total. The number of benzene rings is 1. The lowest BCUT2D eigenvalue weighted by Crippen LogP contribution is -2.40. The van der Waals surface area contributed by atoms with Gasteiger partial charge in [0.25, 0.3) is 0 Å². The van der Waals surface area contributed by atoms with Crippen LogP contribution >= 0.6 is 11.6 Å².